The maximum absolute atomic E-state index is 11.8. The van der Waals surface area contributed by atoms with Crippen LogP contribution in [-0.2, 0) is 4.79 Å². The van der Waals surface area contributed by atoms with Gasteiger partial charge in [-0.1, -0.05) is 57.4 Å². The molecule has 0 bridgehead atoms. The van der Waals surface area contributed by atoms with Crippen LogP contribution in [0, 0.1) is 17.8 Å². The smallest absolute Gasteiger partial charge is 0.217 e. The van der Waals surface area contributed by atoms with Crippen molar-refractivity contribution in [3.05, 3.63) is 24.3 Å². The molecule has 2 saturated heterocycles. The Morgan fingerprint density at radius 3 is 2.69 bits per heavy atom. The van der Waals surface area contributed by atoms with E-state index in [-0.39, 0.29) is 11.9 Å². The number of carbonyl (C=O) groups is 1. The molecule has 0 aromatic carbocycles. The van der Waals surface area contributed by atoms with Crippen molar-refractivity contribution in [2.45, 2.75) is 77.8 Å². The van der Waals surface area contributed by atoms with Gasteiger partial charge < -0.3 is 10.2 Å². The lowest BCUT2D eigenvalue weighted by Gasteiger charge is -2.40. The van der Waals surface area contributed by atoms with Gasteiger partial charge in [0.05, 0.1) is 0 Å². The number of fused-ring (bicyclic) bond motifs is 1. The number of hydrogen-bond acceptors (Lipinski definition) is 3. The van der Waals surface area contributed by atoms with Crippen molar-refractivity contribution in [1.29, 1.82) is 0 Å². The van der Waals surface area contributed by atoms with E-state index in [0.717, 1.165) is 12.5 Å². The van der Waals surface area contributed by atoms with E-state index in [2.05, 4.69) is 53.3 Å². The molecule has 2 fully saturated rings. The van der Waals surface area contributed by atoms with Crippen LogP contribution in [0.2, 0.25) is 0 Å². The fourth-order valence-electron chi connectivity index (χ4n) is 5.53. The number of piperidine rings is 1. The summed E-state index contributed by atoms with van der Waals surface area (Å²) in [6.07, 6.45) is 18.2. The molecule has 0 aromatic heterocycles. The average molecular weight is 402 g/mol. The Bertz CT molecular complexity index is 572. The highest BCUT2D eigenvalue weighted by molar-refractivity contribution is 5.73. The lowest BCUT2D eigenvalue weighted by atomic mass is 9.82. The Kier molecular flexibility index (Phi) is 8.80. The minimum absolute atomic E-state index is 0.118. The van der Waals surface area contributed by atoms with Gasteiger partial charge in [-0.3, -0.25) is 9.69 Å². The summed E-state index contributed by atoms with van der Waals surface area (Å²) in [6.45, 7) is 12.1. The summed E-state index contributed by atoms with van der Waals surface area (Å²) in [5, 5.41) is 3.28. The third-order valence-corrected chi connectivity index (χ3v) is 7.36. The van der Waals surface area contributed by atoms with E-state index >= 15 is 0 Å². The Hall–Kier alpha value is -1.13. The van der Waals surface area contributed by atoms with Gasteiger partial charge >= 0.3 is 0 Å². The van der Waals surface area contributed by atoms with Crippen molar-refractivity contribution in [2.24, 2.45) is 17.8 Å². The Morgan fingerprint density at radius 1 is 1.14 bits per heavy atom. The Morgan fingerprint density at radius 2 is 1.93 bits per heavy atom. The lowest BCUT2D eigenvalue weighted by molar-refractivity contribution is -0.120. The first-order valence-electron chi connectivity index (χ1n) is 12.1. The summed E-state index contributed by atoms with van der Waals surface area (Å²) < 4.78 is 0. The summed E-state index contributed by atoms with van der Waals surface area (Å²) in [4.78, 5) is 17.2. The molecule has 4 heteroatoms. The van der Waals surface area contributed by atoms with Crippen molar-refractivity contribution >= 4 is 5.91 Å². The normalized spacial score (nSPS) is 29.6. The molecule has 0 aromatic rings. The van der Waals surface area contributed by atoms with E-state index in [1.54, 1.807) is 6.92 Å². The van der Waals surface area contributed by atoms with Crippen LogP contribution in [0.4, 0.5) is 0 Å². The van der Waals surface area contributed by atoms with E-state index in [9.17, 15) is 4.79 Å². The minimum atomic E-state index is 0.118. The molecule has 164 valence electrons. The average Bonchev–Trinajstić information content (AvgIpc) is 3.13. The molecular formula is C25H43N3O. The first kappa shape index (κ1) is 22.6. The van der Waals surface area contributed by atoms with Gasteiger partial charge in [0, 0.05) is 38.6 Å². The molecule has 1 N–H and O–H groups in total. The highest BCUT2D eigenvalue weighted by Crippen LogP contribution is 2.30. The van der Waals surface area contributed by atoms with Gasteiger partial charge in [-0.05, 0) is 56.5 Å². The maximum atomic E-state index is 11.8. The number of nitrogens with zero attached hydrogens (tertiary/aromatic N) is 2. The molecule has 5 atom stereocenters. The lowest BCUT2D eigenvalue weighted by Crippen LogP contribution is -2.51. The fraction of sp³-hybridized carbons (Fsp3) is 0.800. The number of likely N-dealkylation sites (tertiary alicyclic amines) is 2. The first-order chi connectivity index (χ1) is 14.1. The van der Waals surface area contributed by atoms with Gasteiger partial charge in [0.25, 0.3) is 0 Å². The van der Waals surface area contributed by atoms with E-state index in [1.165, 1.54) is 71.1 Å². The SMILES string of the molecule is CCCCCC(C)C(CN1CCCC1CN1CCC2C=CC=CC2C1)NC(C)=O. The van der Waals surface area contributed by atoms with E-state index in [4.69, 9.17) is 0 Å². The monoisotopic (exact) mass is 401 g/mol. The molecule has 0 radical (unpaired) electrons. The molecule has 4 nitrogen and oxygen atoms in total. The molecule has 1 aliphatic carbocycles. The van der Waals surface area contributed by atoms with Gasteiger partial charge in [0.15, 0.2) is 0 Å². The minimum Gasteiger partial charge on any atom is -0.352 e. The molecular weight excluding hydrogens is 358 g/mol. The number of amides is 1. The summed E-state index contributed by atoms with van der Waals surface area (Å²) in [5.41, 5.74) is 0. The summed E-state index contributed by atoms with van der Waals surface area (Å²) in [6, 6.07) is 0.927. The van der Waals surface area contributed by atoms with Crippen LogP contribution in [0.3, 0.4) is 0 Å². The standard InChI is InChI=1S/C25H43N3O/c1-4-5-6-10-20(2)25(26-21(3)29)19-28-15-9-13-24(28)18-27-16-14-22-11-7-8-12-23(22)17-27/h7-8,11-12,20,22-25H,4-6,9-10,13-19H2,1-3H3,(H,26,29). The Labute approximate surface area is 178 Å². The van der Waals surface area contributed by atoms with Crippen LogP contribution in [-0.4, -0.2) is 60.5 Å². The fourth-order valence-corrected chi connectivity index (χ4v) is 5.53. The number of hydrogen-bond donors (Lipinski definition) is 1. The molecule has 0 spiro atoms. The second-order valence-electron chi connectivity index (χ2n) is 9.72. The second-order valence-corrected chi connectivity index (χ2v) is 9.72. The summed E-state index contributed by atoms with van der Waals surface area (Å²) in [7, 11) is 0. The predicted molar refractivity (Wildman–Crippen MR) is 122 cm³/mol. The number of rotatable bonds is 10. The van der Waals surface area contributed by atoms with Crippen LogP contribution in [0.5, 0.6) is 0 Å². The molecule has 2 heterocycles. The predicted octanol–water partition coefficient (Wildman–Crippen LogP) is 4.24. The van der Waals surface area contributed by atoms with E-state index in [0.29, 0.717) is 17.9 Å². The Balaban J connectivity index is 1.53. The first-order valence-corrected chi connectivity index (χ1v) is 12.1. The zero-order chi connectivity index (χ0) is 20.6. The van der Waals surface area contributed by atoms with Crippen LogP contribution < -0.4 is 5.32 Å². The van der Waals surface area contributed by atoms with Crippen molar-refractivity contribution < 1.29 is 4.79 Å². The molecule has 29 heavy (non-hydrogen) atoms. The molecule has 1 amide bonds. The van der Waals surface area contributed by atoms with Gasteiger partial charge in [-0.15, -0.1) is 0 Å². The summed E-state index contributed by atoms with van der Waals surface area (Å²) >= 11 is 0. The molecule has 5 unspecified atom stereocenters. The topological polar surface area (TPSA) is 35.6 Å². The maximum Gasteiger partial charge on any atom is 0.217 e. The molecule has 0 saturated carbocycles. The largest absolute Gasteiger partial charge is 0.352 e. The number of nitrogens with one attached hydrogen (secondary N) is 1. The van der Waals surface area contributed by atoms with Crippen LogP contribution in [0.15, 0.2) is 24.3 Å². The van der Waals surface area contributed by atoms with Crippen molar-refractivity contribution in [2.75, 3.05) is 32.7 Å². The number of carbonyl (C=O) groups excluding carboxylic acids is 1. The van der Waals surface area contributed by atoms with Crippen molar-refractivity contribution in [3.63, 3.8) is 0 Å². The highest BCUT2D eigenvalue weighted by atomic mass is 16.1. The third-order valence-electron chi connectivity index (χ3n) is 7.36. The second kappa shape index (κ2) is 11.3. The van der Waals surface area contributed by atoms with Gasteiger partial charge in [0.2, 0.25) is 5.91 Å². The molecule has 2 aliphatic heterocycles. The third kappa shape index (κ3) is 6.68. The summed E-state index contributed by atoms with van der Waals surface area (Å²) in [5.74, 6) is 2.12. The van der Waals surface area contributed by atoms with Gasteiger partial charge in [0.1, 0.15) is 0 Å². The number of allylic oxidation sites excluding steroid dienone is 3. The van der Waals surface area contributed by atoms with Crippen LogP contribution >= 0.6 is 0 Å². The van der Waals surface area contributed by atoms with Gasteiger partial charge in [-0.25, -0.2) is 0 Å². The van der Waals surface area contributed by atoms with Crippen LogP contribution in [0.1, 0.15) is 65.7 Å². The molecule has 3 rings (SSSR count). The zero-order valence-electron chi connectivity index (χ0n) is 19.0. The van der Waals surface area contributed by atoms with Gasteiger partial charge in [-0.2, -0.15) is 0 Å². The van der Waals surface area contributed by atoms with Crippen molar-refractivity contribution in [3.8, 4) is 0 Å². The highest BCUT2D eigenvalue weighted by Gasteiger charge is 2.33. The van der Waals surface area contributed by atoms with Crippen LogP contribution in [0.25, 0.3) is 0 Å². The molecule has 3 aliphatic rings. The number of unbranched alkanes of at least 4 members (excludes halogenated alkanes) is 2. The van der Waals surface area contributed by atoms with E-state index in [1.807, 2.05) is 0 Å². The van der Waals surface area contributed by atoms with Crippen molar-refractivity contribution in [1.82, 2.24) is 15.1 Å². The quantitative estimate of drug-likeness (QED) is 0.556. The van der Waals surface area contributed by atoms with E-state index < -0.39 is 0 Å². The zero-order valence-corrected chi connectivity index (χ0v) is 19.0.